The lowest BCUT2D eigenvalue weighted by atomic mass is 10.1. The molecule has 1 aromatic carbocycles. The second-order valence-corrected chi connectivity index (χ2v) is 5.24. The summed E-state index contributed by atoms with van der Waals surface area (Å²) >= 11 is 0. The summed E-state index contributed by atoms with van der Waals surface area (Å²) in [5.41, 5.74) is 2.50. The lowest BCUT2D eigenvalue weighted by molar-refractivity contribution is 0.184. The van der Waals surface area contributed by atoms with E-state index in [4.69, 9.17) is 10.9 Å². The number of benzene rings is 1. The molecule has 0 fully saturated rings. The van der Waals surface area contributed by atoms with Crippen LogP contribution in [0.1, 0.15) is 30.1 Å². The molecule has 5 nitrogen and oxygen atoms in total. The number of terminal acetylenes is 1. The largest absolute Gasteiger partial charge is 0.385 e. The summed E-state index contributed by atoms with van der Waals surface area (Å²) in [5.74, 6) is 8.98. The Labute approximate surface area is 139 Å². The van der Waals surface area contributed by atoms with Gasteiger partial charge in [0.15, 0.2) is 5.76 Å². The van der Waals surface area contributed by atoms with Gasteiger partial charge in [-0.25, -0.2) is 4.98 Å². The first-order valence-electron chi connectivity index (χ1n) is 7.39. The summed E-state index contributed by atoms with van der Waals surface area (Å²) in [7, 11) is 0. The molecule has 1 atom stereocenters. The van der Waals surface area contributed by atoms with Crippen molar-refractivity contribution in [1.82, 2.24) is 14.7 Å². The average molecular weight is 317 g/mol. The molecule has 0 aliphatic carbocycles. The summed E-state index contributed by atoms with van der Waals surface area (Å²) in [5, 5.41) is 13.8. The van der Waals surface area contributed by atoms with Gasteiger partial charge in [-0.2, -0.15) is 0 Å². The van der Waals surface area contributed by atoms with Gasteiger partial charge in [-0.3, -0.25) is 0 Å². The molecule has 1 unspecified atom stereocenters. The zero-order chi connectivity index (χ0) is 16.9. The molecule has 1 N–H and O–H groups in total. The van der Waals surface area contributed by atoms with E-state index in [1.54, 1.807) is 19.3 Å². The molecule has 0 aliphatic heterocycles. The first-order chi connectivity index (χ1) is 11.7. The maximum atomic E-state index is 9.69. The van der Waals surface area contributed by atoms with Crippen LogP contribution in [-0.2, 0) is 6.54 Å². The molecule has 0 saturated heterocycles. The Morgan fingerprint density at radius 3 is 2.83 bits per heavy atom. The van der Waals surface area contributed by atoms with E-state index in [0.29, 0.717) is 18.1 Å². The van der Waals surface area contributed by atoms with Crippen LogP contribution >= 0.6 is 0 Å². The van der Waals surface area contributed by atoms with E-state index in [2.05, 4.69) is 27.9 Å². The number of aliphatic hydroxyl groups excluding tert-OH is 1. The van der Waals surface area contributed by atoms with Gasteiger partial charge in [0.05, 0.1) is 6.54 Å². The summed E-state index contributed by atoms with van der Waals surface area (Å²) in [6.07, 6.45) is 7.93. The quantitative estimate of drug-likeness (QED) is 0.751. The molecule has 5 heteroatoms. The van der Waals surface area contributed by atoms with Gasteiger partial charge in [0.25, 0.3) is 0 Å². The Hall–Kier alpha value is -3.28. The lowest BCUT2D eigenvalue weighted by Gasteiger charge is -2.07. The highest BCUT2D eigenvalue weighted by atomic mass is 16.5. The molecular weight excluding hydrogens is 302 g/mol. The second-order valence-electron chi connectivity index (χ2n) is 5.24. The highest BCUT2D eigenvalue weighted by Crippen LogP contribution is 2.21. The minimum absolute atomic E-state index is 0.482. The van der Waals surface area contributed by atoms with Gasteiger partial charge < -0.3 is 14.2 Å². The van der Waals surface area contributed by atoms with Gasteiger partial charge in [0.2, 0.25) is 0 Å². The molecule has 2 aromatic heterocycles. The number of nitrogens with zero attached hydrogens (tertiary/aromatic N) is 3. The Morgan fingerprint density at radius 1 is 1.33 bits per heavy atom. The molecule has 24 heavy (non-hydrogen) atoms. The van der Waals surface area contributed by atoms with Crippen molar-refractivity contribution in [2.75, 3.05) is 0 Å². The maximum absolute atomic E-state index is 9.69. The van der Waals surface area contributed by atoms with Gasteiger partial charge in [-0.1, -0.05) is 11.1 Å². The van der Waals surface area contributed by atoms with Gasteiger partial charge in [-0.05, 0) is 43.0 Å². The Morgan fingerprint density at radius 2 is 2.12 bits per heavy atom. The first-order valence-corrected chi connectivity index (χ1v) is 7.39. The Balaban J connectivity index is 1.78. The van der Waals surface area contributed by atoms with Crippen molar-refractivity contribution in [3.63, 3.8) is 0 Å². The number of aliphatic hydroxyl groups is 1. The number of hydrogen-bond acceptors (Lipinski definition) is 4. The second kappa shape index (κ2) is 6.87. The third-order valence-corrected chi connectivity index (χ3v) is 3.46. The van der Waals surface area contributed by atoms with Gasteiger partial charge in [0, 0.05) is 29.6 Å². The highest BCUT2D eigenvalue weighted by molar-refractivity contribution is 5.59. The van der Waals surface area contributed by atoms with E-state index >= 15 is 0 Å². The zero-order valence-electron chi connectivity index (χ0n) is 13.1. The fourth-order valence-electron chi connectivity index (χ4n) is 2.35. The van der Waals surface area contributed by atoms with Crippen molar-refractivity contribution >= 4 is 0 Å². The van der Waals surface area contributed by atoms with Crippen molar-refractivity contribution in [2.24, 2.45) is 0 Å². The highest BCUT2D eigenvalue weighted by Gasteiger charge is 2.12. The molecule has 3 aromatic rings. The fraction of sp³-hybridized carbons (Fsp3) is 0.158. The molecule has 118 valence electrons. The van der Waals surface area contributed by atoms with E-state index in [9.17, 15) is 5.11 Å². The van der Waals surface area contributed by atoms with Crippen LogP contribution < -0.4 is 0 Å². The molecule has 3 rings (SSSR count). The number of imidazole rings is 1. The standard InChI is InChI=1S/C19H15N3O2/c1-3-4-5-15-6-8-16(9-7-15)18-12-17(21-24-18)13-22-11-10-20-19(22)14(2)23/h1,6-12,14,23H,13H2,2H3. The molecular formula is C19H15N3O2. The third kappa shape index (κ3) is 3.38. The van der Waals surface area contributed by atoms with Crippen LogP contribution in [-0.4, -0.2) is 19.8 Å². The molecule has 0 bridgehead atoms. The zero-order valence-corrected chi connectivity index (χ0v) is 13.1. The maximum Gasteiger partial charge on any atom is 0.167 e. The van der Waals surface area contributed by atoms with E-state index < -0.39 is 6.10 Å². The fourth-order valence-corrected chi connectivity index (χ4v) is 2.35. The minimum Gasteiger partial charge on any atom is -0.385 e. The summed E-state index contributed by atoms with van der Waals surface area (Å²) < 4.78 is 7.24. The lowest BCUT2D eigenvalue weighted by Crippen LogP contribution is -2.07. The molecule has 0 aliphatic rings. The first kappa shape index (κ1) is 15.6. The van der Waals surface area contributed by atoms with E-state index in [1.807, 2.05) is 34.9 Å². The predicted molar refractivity (Wildman–Crippen MR) is 89.6 cm³/mol. The van der Waals surface area contributed by atoms with Gasteiger partial charge >= 0.3 is 0 Å². The molecule has 0 radical (unpaired) electrons. The van der Waals surface area contributed by atoms with Crippen LogP contribution in [0.2, 0.25) is 0 Å². The molecule has 0 saturated carbocycles. The van der Waals surface area contributed by atoms with E-state index in [1.165, 1.54) is 0 Å². The average Bonchev–Trinajstić information content (AvgIpc) is 3.23. The van der Waals surface area contributed by atoms with Crippen LogP contribution in [0.25, 0.3) is 11.3 Å². The van der Waals surface area contributed by atoms with Crippen molar-refractivity contribution in [1.29, 1.82) is 0 Å². The van der Waals surface area contributed by atoms with Crippen LogP contribution in [0.15, 0.2) is 47.2 Å². The van der Waals surface area contributed by atoms with Crippen LogP contribution in [0.5, 0.6) is 0 Å². The van der Waals surface area contributed by atoms with Crippen molar-refractivity contribution in [3.8, 4) is 35.5 Å². The summed E-state index contributed by atoms with van der Waals surface area (Å²) in [6.45, 7) is 2.16. The Bertz CT molecular complexity index is 931. The summed E-state index contributed by atoms with van der Waals surface area (Å²) in [6, 6.07) is 9.44. The summed E-state index contributed by atoms with van der Waals surface area (Å²) in [4.78, 5) is 4.14. The topological polar surface area (TPSA) is 64.1 Å². The van der Waals surface area contributed by atoms with Gasteiger partial charge in [0.1, 0.15) is 17.6 Å². The van der Waals surface area contributed by atoms with E-state index in [-0.39, 0.29) is 0 Å². The number of rotatable bonds is 4. The predicted octanol–water partition coefficient (Wildman–Crippen LogP) is 2.62. The SMILES string of the molecule is C#CC#Cc1ccc(-c2cc(Cn3ccnc3C(C)O)no2)cc1. The monoisotopic (exact) mass is 317 g/mol. The number of hydrogen-bond donors (Lipinski definition) is 1. The number of aromatic nitrogens is 3. The van der Waals surface area contributed by atoms with Crippen molar-refractivity contribution < 1.29 is 9.63 Å². The molecule has 0 spiro atoms. The van der Waals surface area contributed by atoms with Gasteiger partial charge in [-0.15, -0.1) is 6.42 Å². The van der Waals surface area contributed by atoms with E-state index in [0.717, 1.165) is 16.8 Å². The van der Waals surface area contributed by atoms with Crippen LogP contribution in [0, 0.1) is 24.2 Å². The van der Waals surface area contributed by atoms with Crippen molar-refractivity contribution in [2.45, 2.75) is 19.6 Å². The molecule has 2 heterocycles. The molecule has 0 amide bonds. The van der Waals surface area contributed by atoms with Crippen molar-refractivity contribution in [3.05, 3.63) is 59.8 Å². The minimum atomic E-state index is -0.636. The Kier molecular flexibility index (Phi) is 4.47. The third-order valence-electron chi connectivity index (χ3n) is 3.46. The normalized spacial score (nSPS) is 11.4. The van der Waals surface area contributed by atoms with Crippen LogP contribution in [0.3, 0.4) is 0 Å². The van der Waals surface area contributed by atoms with Crippen LogP contribution in [0.4, 0.5) is 0 Å². The smallest absolute Gasteiger partial charge is 0.167 e.